The minimum Gasteiger partial charge on any atom is -0.464 e. The van der Waals surface area contributed by atoms with Gasteiger partial charge in [0, 0.05) is 10.0 Å². The summed E-state index contributed by atoms with van der Waals surface area (Å²) in [6.45, 7) is 2.10. The second-order valence-corrected chi connectivity index (χ2v) is 12.7. The van der Waals surface area contributed by atoms with E-state index in [4.69, 9.17) is 9.47 Å². The van der Waals surface area contributed by atoms with E-state index in [0.29, 0.717) is 12.4 Å². The smallest absolute Gasteiger partial charge is 0.333 e. The number of ether oxygens (including phenoxy) is 2. The topological polar surface area (TPSA) is 35.5 Å². The zero-order chi connectivity index (χ0) is 25.9. The SMILES string of the molecule is CCOC(=O)/C=C/Oc1ccc(Br)cc1/C=C/C[P+](c1ccccc1)(c1ccccc1)c1ccccc1. The molecule has 0 aliphatic carbocycles. The van der Waals surface area contributed by atoms with Crippen molar-refractivity contribution in [3.63, 3.8) is 0 Å². The molecule has 186 valence electrons. The number of hydrogen-bond acceptors (Lipinski definition) is 3. The molecule has 0 aromatic heterocycles. The Kier molecular flexibility index (Phi) is 9.48. The lowest BCUT2D eigenvalue weighted by Gasteiger charge is -2.26. The molecule has 0 atom stereocenters. The van der Waals surface area contributed by atoms with Gasteiger partial charge < -0.3 is 9.47 Å². The van der Waals surface area contributed by atoms with Crippen LogP contribution in [0, 0.1) is 0 Å². The highest BCUT2D eigenvalue weighted by atomic mass is 79.9. The molecule has 0 saturated carbocycles. The van der Waals surface area contributed by atoms with Crippen LogP contribution in [-0.4, -0.2) is 18.7 Å². The van der Waals surface area contributed by atoms with Crippen molar-refractivity contribution < 1.29 is 14.3 Å². The molecule has 0 N–H and O–H groups in total. The maximum atomic E-state index is 11.7. The van der Waals surface area contributed by atoms with Gasteiger partial charge >= 0.3 is 5.97 Å². The van der Waals surface area contributed by atoms with Crippen molar-refractivity contribution in [2.75, 3.05) is 12.8 Å². The van der Waals surface area contributed by atoms with Crippen molar-refractivity contribution >= 4 is 51.2 Å². The first-order valence-corrected chi connectivity index (χ1v) is 14.9. The average molecular weight is 572 g/mol. The second-order valence-electron chi connectivity index (χ2n) is 8.26. The van der Waals surface area contributed by atoms with Crippen molar-refractivity contribution in [3.8, 4) is 5.75 Å². The number of hydrogen-bond donors (Lipinski definition) is 0. The van der Waals surface area contributed by atoms with E-state index in [1.165, 1.54) is 28.3 Å². The van der Waals surface area contributed by atoms with E-state index < -0.39 is 13.2 Å². The van der Waals surface area contributed by atoms with Crippen LogP contribution in [0.15, 0.2) is 132 Å². The molecule has 4 aromatic rings. The quantitative estimate of drug-likeness (QED) is 0.0897. The Morgan fingerprint density at radius 1 is 0.811 bits per heavy atom. The Balaban J connectivity index is 1.73. The summed E-state index contributed by atoms with van der Waals surface area (Å²) in [5.74, 6) is 0.225. The fourth-order valence-corrected chi connectivity index (χ4v) is 8.63. The summed E-state index contributed by atoms with van der Waals surface area (Å²) in [4.78, 5) is 11.7. The van der Waals surface area contributed by atoms with Gasteiger partial charge in [-0.15, -0.1) is 0 Å². The third-order valence-corrected chi connectivity index (χ3v) is 10.7. The molecule has 3 nitrogen and oxygen atoms in total. The van der Waals surface area contributed by atoms with E-state index in [1.807, 2.05) is 18.2 Å². The molecule has 0 spiro atoms. The summed E-state index contributed by atoms with van der Waals surface area (Å²) >= 11 is 3.58. The third kappa shape index (κ3) is 6.65. The van der Waals surface area contributed by atoms with Crippen LogP contribution in [0.25, 0.3) is 6.08 Å². The molecular formula is C32H29BrO3P+. The summed E-state index contributed by atoms with van der Waals surface area (Å²) in [6, 6.07) is 38.2. The van der Waals surface area contributed by atoms with Crippen LogP contribution in [0.3, 0.4) is 0 Å². The molecule has 37 heavy (non-hydrogen) atoms. The normalized spacial score (nSPS) is 11.6. The number of rotatable bonds is 10. The number of benzene rings is 4. The Labute approximate surface area is 227 Å². The molecule has 0 amide bonds. The molecule has 5 heteroatoms. The molecule has 0 saturated heterocycles. The first kappa shape index (κ1) is 26.6. The Bertz CT molecular complexity index is 1260. The maximum Gasteiger partial charge on any atom is 0.333 e. The lowest BCUT2D eigenvalue weighted by Crippen LogP contribution is -2.32. The van der Waals surface area contributed by atoms with Gasteiger partial charge in [0.2, 0.25) is 0 Å². The summed E-state index contributed by atoms with van der Waals surface area (Å²) in [5, 5.41) is 4.00. The van der Waals surface area contributed by atoms with Crippen molar-refractivity contribution in [3.05, 3.63) is 138 Å². The van der Waals surface area contributed by atoms with Crippen LogP contribution in [0.2, 0.25) is 0 Å². The number of carbonyl (C=O) groups excluding carboxylic acids is 1. The molecule has 4 rings (SSSR count). The molecule has 0 radical (unpaired) electrons. The highest BCUT2D eigenvalue weighted by Gasteiger charge is 2.44. The molecule has 0 heterocycles. The van der Waals surface area contributed by atoms with Crippen LogP contribution < -0.4 is 20.7 Å². The van der Waals surface area contributed by atoms with E-state index in [9.17, 15) is 4.79 Å². The first-order chi connectivity index (χ1) is 18.1. The van der Waals surface area contributed by atoms with Crippen molar-refractivity contribution in [1.82, 2.24) is 0 Å². The summed E-state index contributed by atoms with van der Waals surface area (Å²) in [7, 11) is -1.97. The number of carbonyl (C=O) groups is 1. The van der Waals surface area contributed by atoms with Crippen LogP contribution in [-0.2, 0) is 9.53 Å². The predicted octanol–water partition coefficient (Wildman–Crippen LogP) is 6.91. The van der Waals surface area contributed by atoms with Crippen LogP contribution in [0.1, 0.15) is 12.5 Å². The highest BCUT2D eigenvalue weighted by Crippen LogP contribution is 2.55. The van der Waals surface area contributed by atoms with E-state index in [0.717, 1.165) is 16.2 Å². The van der Waals surface area contributed by atoms with E-state index in [1.54, 1.807) is 6.92 Å². The second kappa shape index (κ2) is 13.2. The van der Waals surface area contributed by atoms with E-state index in [-0.39, 0.29) is 0 Å². The molecule has 0 aliphatic rings. The Morgan fingerprint density at radius 3 is 1.86 bits per heavy atom. The Morgan fingerprint density at radius 2 is 1.35 bits per heavy atom. The van der Waals surface area contributed by atoms with Gasteiger partial charge in [0.1, 0.15) is 28.9 Å². The summed E-state index contributed by atoms with van der Waals surface area (Å²) in [5.41, 5.74) is 0.912. The molecule has 4 aromatic carbocycles. The van der Waals surface area contributed by atoms with Gasteiger partial charge in [0.25, 0.3) is 0 Å². The van der Waals surface area contributed by atoms with Gasteiger partial charge in [0.05, 0.1) is 25.1 Å². The summed E-state index contributed by atoms with van der Waals surface area (Å²) < 4.78 is 11.7. The highest BCUT2D eigenvalue weighted by molar-refractivity contribution is 9.10. The van der Waals surface area contributed by atoms with Gasteiger partial charge in [-0.05, 0) is 67.6 Å². The number of allylic oxidation sites excluding steroid dienone is 1. The lowest BCUT2D eigenvalue weighted by molar-refractivity contribution is -0.137. The largest absolute Gasteiger partial charge is 0.464 e. The van der Waals surface area contributed by atoms with Gasteiger partial charge in [-0.25, -0.2) is 4.79 Å². The van der Waals surface area contributed by atoms with Crippen LogP contribution >= 0.6 is 23.2 Å². The zero-order valence-corrected chi connectivity index (χ0v) is 23.1. The molecule has 0 aliphatic heterocycles. The lowest BCUT2D eigenvalue weighted by atomic mass is 10.2. The van der Waals surface area contributed by atoms with E-state index >= 15 is 0 Å². The zero-order valence-electron chi connectivity index (χ0n) is 20.7. The van der Waals surface area contributed by atoms with Gasteiger partial charge in [-0.1, -0.05) is 76.6 Å². The average Bonchev–Trinajstić information content (AvgIpc) is 2.94. The molecular weight excluding hydrogens is 543 g/mol. The van der Waals surface area contributed by atoms with Gasteiger partial charge in [-0.3, -0.25) is 0 Å². The van der Waals surface area contributed by atoms with Gasteiger partial charge in [0.15, 0.2) is 0 Å². The predicted molar refractivity (Wildman–Crippen MR) is 160 cm³/mol. The van der Waals surface area contributed by atoms with Crippen molar-refractivity contribution in [2.45, 2.75) is 6.92 Å². The fraction of sp³-hybridized carbons (Fsp3) is 0.0938. The monoisotopic (exact) mass is 571 g/mol. The van der Waals surface area contributed by atoms with Crippen LogP contribution in [0.5, 0.6) is 5.75 Å². The van der Waals surface area contributed by atoms with Gasteiger partial charge in [-0.2, -0.15) is 0 Å². The molecule has 0 unspecified atom stereocenters. The summed E-state index contributed by atoms with van der Waals surface area (Å²) in [6.07, 6.45) is 7.84. The first-order valence-electron chi connectivity index (χ1n) is 12.1. The third-order valence-electron chi connectivity index (χ3n) is 5.93. The van der Waals surface area contributed by atoms with E-state index in [2.05, 4.69) is 119 Å². The minimum atomic E-state index is -1.97. The maximum absolute atomic E-state index is 11.7. The fourth-order valence-electron chi connectivity index (χ4n) is 4.26. The minimum absolute atomic E-state index is 0.324. The van der Waals surface area contributed by atoms with Crippen molar-refractivity contribution in [1.29, 1.82) is 0 Å². The number of halogens is 1. The standard InChI is InChI=1S/C32H29BrO3P/c1-2-35-32(34)22-23-36-31-21-20-27(33)25-26(31)13-12-24-37(28-14-6-3-7-15-28,29-16-8-4-9-17-29)30-18-10-5-11-19-30/h3-23,25H,2,24H2,1H3/q+1/b13-12+,23-22+. The number of esters is 1. The van der Waals surface area contributed by atoms with Crippen LogP contribution in [0.4, 0.5) is 0 Å². The van der Waals surface area contributed by atoms with Crippen molar-refractivity contribution in [2.24, 2.45) is 0 Å². The Hall–Kier alpha value is -3.46. The molecule has 0 fully saturated rings. The molecule has 0 bridgehead atoms.